The molecule has 1 aliphatic rings. The van der Waals surface area contributed by atoms with Crippen LogP contribution in [0.4, 0.5) is 4.39 Å². The van der Waals surface area contributed by atoms with E-state index >= 15 is 0 Å². The highest BCUT2D eigenvalue weighted by Gasteiger charge is 2.21. The average molecular weight is 266 g/mol. The fourth-order valence-electron chi connectivity index (χ4n) is 2.34. The molecule has 1 heterocycles. The van der Waals surface area contributed by atoms with Gasteiger partial charge in [-0.05, 0) is 32.2 Å². The lowest BCUT2D eigenvalue weighted by molar-refractivity contribution is 0.0696. The van der Waals surface area contributed by atoms with Crippen molar-refractivity contribution in [2.45, 2.75) is 19.5 Å². The molecular formula is C14H19FN2O2. The molecule has 2 rings (SSSR count). The molecule has 19 heavy (non-hydrogen) atoms. The van der Waals surface area contributed by atoms with Gasteiger partial charge in [-0.15, -0.1) is 0 Å². The van der Waals surface area contributed by atoms with Crippen LogP contribution in [0.2, 0.25) is 0 Å². The van der Waals surface area contributed by atoms with E-state index in [-0.39, 0.29) is 11.4 Å². The van der Waals surface area contributed by atoms with E-state index in [2.05, 4.69) is 23.8 Å². The van der Waals surface area contributed by atoms with Gasteiger partial charge in [0.1, 0.15) is 5.82 Å². The number of piperazine rings is 1. The SMILES string of the molecule is CC1CN(Cc2cc(C(=O)O)ccc2F)CCN1C. The van der Waals surface area contributed by atoms with Gasteiger partial charge in [-0.3, -0.25) is 4.90 Å². The van der Waals surface area contributed by atoms with Crippen LogP contribution in [0, 0.1) is 5.82 Å². The number of hydrogen-bond acceptors (Lipinski definition) is 3. The Morgan fingerprint density at radius 3 is 2.84 bits per heavy atom. The molecule has 0 saturated carbocycles. The second-order valence-electron chi connectivity index (χ2n) is 5.18. The van der Waals surface area contributed by atoms with E-state index in [9.17, 15) is 9.18 Å². The first kappa shape index (κ1) is 14.0. The maximum absolute atomic E-state index is 13.7. The first-order valence-electron chi connectivity index (χ1n) is 6.41. The molecule has 1 N–H and O–H groups in total. The smallest absolute Gasteiger partial charge is 0.335 e. The predicted molar refractivity (Wildman–Crippen MR) is 70.7 cm³/mol. The number of aromatic carboxylic acids is 1. The quantitative estimate of drug-likeness (QED) is 0.903. The first-order valence-corrected chi connectivity index (χ1v) is 6.41. The number of benzene rings is 1. The zero-order valence-electron chi connectivity index (χ0n) is 11.3. The minimum absolute atomic E-state index is 0.138. The summed E-state index contributed by atoms with van der Waals surface area (Å²) >= 11 is 0. The average Bonchev–Trinajstić information content (AvgIpc) is 2.36. The molecule has 5 heteroatoms. The summed E-state index contributed by atoms with van der Waals surface area (Å²) in [7, 11) is 2.08. The minimum Gasteiger partial charge on any atom is -0.478 e. The van der Waals surface area contributed by atoms with Gasteiger partial charge in [0, 0.05) is 37.8 Å². The van der Waals surface area contributed by atoms with Crippen LogP contribution >= 0.6 is 0 Å². The summed E-state index contributed by atoms with van der Waals surface area (Å²) in [5.74, 6) is -1.36. The van der Waals surface area contributed by atoms with Crippen molar-refractivity contribution in [1.82, 2.24) is 9.80 Å². The monoisotopic (exact) mass is 266 g/mol. The fraction of sp³-hybridized carbons (Fsp3) is 0.500. The normalized spacial score (nSPS) is 21.5. The van der Waals surface area contributed by atoms with Crippen molar-refractivity contribution in [1.29, 1.82) is 0 Å². The summed E-state index contributed by atoms with van der Waals surface area (Å²) in [6.45, 7) is 5.29. The van der Waals surface area contributed by atoms with Gasteiger partial charge < -0.3 is 10.0 Å². The lowest BCUT2D eigenvalue weighted by Crippen LogP contribution is -2.49. The summed E-state index contributed by atoms with van der Waals surface area (Å²) in [5, 5.41) is 8.94. The van der Waals surface area contributed by atoms with Crippen molar-refractivity contribution in [3.63, 3.8) is 0 Å². The van der Waals surface area contributed by atoms with E-state index in [1.165, 1.54) is 18.2 Å². The van der Waals surface area contributed by atoms with Crippen molar-refractivity contribution >= 4 is 5.97 Å². The van der Waals surface area contributed by atoms with Gasteiger partial charge in [0.25, 0.3) is 0 Å². The number of carboxylic acid groups (broad SMARTS) is 1. The molecule has 104 valence electrons. The molecule has 1 unspecified atom stereocenters. The van der Waals surface area contributed by atoms with Crippen LogP contribution in [0.1, 0.15) is 22.8 Å². The highest BCUT2D eigenvalue weighted by molar-refractivity contribution is 5.87. The maximum atomic E-state index is 13.7. The number of halogens is 1. The van der Waals surface area contributed by atoms with Crippen LogP contribution in [-0.2, 0) is 6.54 Å². The molecule has 1 aliphatic heterocycles. The second-order valence-corrected chi connectivity index (χ2v) is 5.18. The third kappa shape index (κ3) is 3.30. The van der Waals surface area contributed by atoms with E-state index in [0.29, 0.717) is 18.2 Å². The van der Waals surface area contributed by atoms with E-state index in [1.54, 1.807) is 0 Å². The van der Waals surface area contributed by atoms with Gasteiger partial charge in [0.2, 0.25) is 0 Å². The molecule has 4 nitrogen and oxygen atoms in total. The zero-order valence-corrected chi connectivity index (χ0v) is 11.3. The molecular weight excluding hydrogens is 247 g/mol. The second kappa shape index (κ2) is 5.67. The number of likely N-dealkylation sites (N-methyl/N-ethyl adjacent to an activating group) is 1. The molecule has 1 aromatic carbocycles. The van der Waals surface area contributed by atoms with Gasteiger partial charge in [0.15, 0.2) is 0 Å². The van der Waals surface area contributed by atoms with E-state index in [4.69, 9.17) is 5.11 Å². The largest absolute Gasteiger partial charge is 0.478 e. The van der Waals surface area contributed by atoms with Crippen LogP contribution in [0.3, 0.4) is 0 Å². The summed E-state index contributed by atoms with van der Waals surface area (Å²) in [5.41, 5.74) is 0.593. The van der Waals surface area contributed by atoms with Crippen molar-refractivity contribution < 1.29 is 14.3 Å². The summed E-state index contributed by atoms with van der Waals surface area (Å²) in [6, 6.07) is 4.40. The Kier molecular flexibility index (Phi) is 4.17. The van der Waals surface area contributed by atoms with Crippen LogP contribution in [0.15, 0.2) is 18.2 Å². The third-order valence-corrected chi connectivity index (χ3v) is 3.73. The van der Waals surface area contributed by atoms with Crippen molar-refractivity contribution in [3.05, 3.63) is 35.1 Å². The summed E-state index contributed by atoms with van der Waals surface area (Å²) in [4.78, 5) is 15.3. The van der Waals surface area contributed by atoms with Crippen LogP contribution in [-0.4, -0.2) is 53.6 Å². The highest BCUT2D eigenvalue weighted by atomic mass is 19.1. The Bertz CT molecular complexity index is 479. The summed E-state index contributed by atoms with van der Waals surface area (Å²) in [6.07, 6.45) is 0. The van der Waals surface area contributed by atoms with Gasteiger partial charge >= 0.3 is 5.97 Å². The van der Waals surface area contributed by atoms with Crippen LogP contribution in [0.25, 0.3) is 0 Å². The molecule has 0 radical (unpaired) electrons. The van der Waals surface area contributed by atoms with E-state index in [0.717, 1.165) is 19.6 Å². The van der Waals surface area contributed by atoms with Crippen molar-refractivity contribution in [2.75, 3.05) is 26.7 Å². The fourth-order valence-corrected chi connectivity index (χ4v) is 2.34. The molecule has 0 spiro atoms. The Labute approximate surface area is 112 Å². The van der Waals surface area contributed by atoms with E-state index < -0.39 is 5.97 Å². The van der Waals surface area contributed by atoms with Crippen LogP contribution < -0.4 is 0 Å². The first-order chi connectivity index (χ1) is 8.97. The Balaban J connectivity index is 2.10. The number of carboxylic acids is 1. The molecule has 0 aliphatic carbocycles. The topological polar surface area (TPSA) is 43.8 Å². The van der Waals surface area contributed by atoms with Gasteiger partial charge in [-0.1, -0.05) is 0 Å². The number of hydrogen-bond donors (Lipinski definition) is 1. The maximum Gasteiger partial charge on any atom is 0.335 e. The lowest BCUT2D eigenvalue weighted by atomic mass is 10.1. The van der Waals surface area contributed by atoms with Gasteiger partial charge in [-0.25, -0.2) is 9.18 Å². The van der Waals surface area contributed by atoms with Crippen molar-refractivity contribution in [3.8, 4) is 0 Å². The molecule has 1 atom stereocenters. The predicted octanol–water partition coefficient (Wildman–Crippen LogP) is 1.66. The molecule has 1 saturated heterocycles. The minimum atomic E-state index is -1.02. The van der Waals surface area contributed by atoms with Crippen molar-refractivity contribution in [2.24, 2.45) is 0 Å². The number of nitrogens with zero attached hydrogens (tertiary/aromatic N) is 2. The van der Waals surface area contributed by atoms with Crippen LogP contribution in [0.5, 0.6) is 0 Å². The number of carbonyl (C=O) groups is 1. The Hall–Kier alpha value is -1.46. The van der Waals surface area contributed by atoms with Gasteiger partial charge in [-0.2, -0.15) is 0 Å². The molecule has 0 aromatic heterocycles. The standard InChI is InChI=1S/C14H19FN2O2/c1-10-8-17(6-5-16(10)2)9-12-7-11(14(18)19)3-4-13(12)15/h3-4,7,10H,5-6,8-9H2,1-2H3,(H,18,19). The molecule has 0 amide bonds. The Morgan fingerprint density at radius 2 is 2.21 bits per heavy atom. The lowest BCUT2D eigenvalue weighted by Gasteiger charge is -2.37. The zero-order chi connectivity index (χ0) is 14.0. The molecule has 1 fully saturated rings. The highest BCUT2D eigenvalue weighted by Crippen LogP contribution is 2.16. The Morgan fingerprint density at radius 1 is 1.47 bits per heavy atom. The number of rotatable bonds is 3. The van der Waals surface area contributed by atoms with E-state index in [1.807, 2.05) is 0 Å². The summed E-state index contributed by atoms with van der Waals surface area (Å²) < 4.78 is 13.7. The third-order valence-electron chi connectivity index (χ3n) is 3.73. The molecule has 0 bridgehead atoms. The van der Waals surface area contributed by atoms with Gasteiger partial charge in [0.05, 0.1) is 5.56 Å². The molecule has 1 aromatic rings.